The Hall–Kier alpha value is -1.72. The maximum absolute atomic E-state index is 5.63. The first-order valence-electron chi connectivity index (χ1n) is 10.0. The van der Waals surface area contributed by atoms with Crippen LogP contribution < -0.4 is 0 Å². The van der Waals surface area contributed by atoms with Crippen LogP contribution in [0.15, 0.2) is 35.1 Å². The van der Waals surface area contributed by atoms with E-state index in [1.165, 1.54) is 32.4 Å². The molecule has 2 aromatic heterocycles. The first-order chi connectivity index (χ1) is 12.7. The molecule has 0 spiro atoms. The van der Waals surface area contributed by atoms with Crippen molar-refractivity contribution in [3.05, 3.63) is 36.4 Å². The van der Waals surface area contributed by atoms with Crippen molar-refractivity contribution in [1.29, 1.82) is 0 Å². The van der Waals surface area contributed by atoms with E-state index in [2.05, 4.69) is 39.9 Å². The Morgan fingerprint density at radius 3 is 2.88 bits per heavy atom. The quantitative estimate of drug-likeness (QED) is 0.792. The molecule has 140 valence electrons. The molecule has 1 atom stereocenters. The Balaban J connectivity index is 1.42. The van der Waals surface area contributed by atoms with Gasteiger partial charge in [0.15, 0.2) is 5.76 Å². The summed E-state index contributed by atoms with van der Waals surface area (Å²) in [7, 11) is 0. The second kappa shape index (κ2) is 7.89. The molecule has 2 aromatic rings. The van der Waals surface area contributed by atoms with Crippen LogP contribution in [0.2, 0.25) is 0 Å². The van der Waals surface area contributed by atoms with Crippen LogP contribution in [0.25, 0.3) is 11.3 Å². The number of nitrogens with zero attached hydrogens (tertiary/aromatic N) is 4. The van der Waals surface area contributed by atoms with Crippen molar-refractivity contribution in [3.8, 4) is 11.3 Å². The van der Waals surface area contributed by atoms with Crippen molar-refractivity contribution in [1.82, 2.24) is 19.9 Å². The zero-order valence-corrected chi connectivity index (χ0v) is 16.0. The molecule has 5 nitrogen and oxygen atoms in total. The number of pyridine rings is 1. The average molecular weight is 354 g/mol. The molecular weight excluding hydrogens is 324 g/mol. The number of aromatic nitrogens is 2. The third-order valence-electron chi connectivity index (χ3n) is 5.69. The first kappa shape index (κ1) is 17.7. The summed E-state index contributed by atoms with van der Waals surface area (Å²) in [6, 6.07) is 6.65. The van der Waals surface area contributed by atoms with E-state index in [0.717, 1.165) is 42.6 Å². The third kappa shape index (κ3) is 4.33. The van der Waals surface area contributed by atoms with E-state index in [4.69, 9.17) is 4.52 Å². The van der Waals surface area contributed by atoms with Gasteiger partial charge in [0.25, 0.3) is 0 Å². The average Bonchev–Trinajstić information content (AvgIpc) is 3.38. The molecule has 5 heteroatoms. The van der Waals surface area contributed by atoms with Gasteiger partial charge >= 0.3 is 0 Å². The van der Waals surface area contributed by atoms with Crippen LogP contribution in [0.5, 0.6) is 0 Å². The number of hydrogen-bond donors (Lipinski definition) is 0. The lowest BCUT2D eigenvalue weighted by Gasteiger charge is -2.34. The molecule has 1 aliphatic carbocycles. The molecule has 1 saturated carbocycles. The number of hydrogen-bond acceptors (Lipinski definition) is 5. The number of rotatable bonds is 6. The summed E-state index contributed by atoms with van der Waals surface area (Å²) in [5.74, 6) is 2.58. The Morgan fingerprint density at radius 1 is 1.27 bits per heavy atom. The molecule has 0 bridgehead atoms. The molecule has 2 fully saturated rings. The van der Waals surface area contributed by atoms with Crippen LogP contribution in [0, 0.1) is 11.8 Å². The molecular formula is C21H30N4O. The molecule has 3 heterocycles. The SMILES string of the molecule is CC(C)[C@H]1CN(Cc2cc(-c3cccnc3)no2)CCCN1CC1CC1. The van der Waals surface area contributed by atoms with Crippen molar-refractivity contribution < 1.29 is 4.52 Å². The molecule has 4 rings (SSSR count). The third-order valence-corrected chi connectivity index (χ3v) is 5.69. The topological polar surface area (TPSA) is 45.4 Å². The predicted octanol–water partition coefficient (Wildman–Crippen LogP) is 3.68. The Morgan fingerprint density at radius 2 is 2.15 bits per heavy atom. The van der Waals surface area contributed by atoms with Crippen LogP contribution in [0.4, 0.5) is 0 Å². The Labute approximate surface area is 156 Å². The van der Waals surface area contributed by atoms with Gasteiger partial charge in [-0.3, -0.25) is 14.8 Å². The summed E-state index contributed by atoms with van der Waals surface area (Å²) in [6.07, 6.45) is 7.71. The van der Waals surface area contributed by atoms with Gasteiger partial charge in [-0.1, -0.05) is 19.0 Å². The molecule has 0 amide bonds. The minimum Gasteiger partial charge on any atom is -0.359 e. The van der Waals surface area contributed by atoms with Crippen molar-refractivity contribution in [3.63, 3.8) is 0 Å². The second-order valence-corrected chi connectivity index (χ2v) is 8.26. The lowest BCUT2D eigenvalue weighted by Crippen LogP contribution is -2.45. The Bertz CT molecular complexity index is 695. The van der Waals surface area contributed by atoms with E-state index in [-0.39, 0.29) is 0 Å². The summed E-state index contributed by atoms with van der Waals surface area (Å²) in [5, 5.41) is 4.24. The van der Waals surface area contributed by atoms with Gasteiger partial charge in [0, 0.05) is 43.2 Å². The summed E-state index contributed by atoms with van der Waals surface area (Å²) in [5.41, 5.74) is 1.88. The first-order valence-corrected chi connectivity index (χ1v) is 10.0. The van der Waals surface area contributed by atoms with E-state index in [1.54, 1.807) is 6.20 Å². The van der Waals surface area contributed by atoms with E-state index in [9.17, 15) is 0 Å². The smallest absolute Gasteiger partial charge is 0.151 e. The normalized spacial score (nSPS) is 22.7. The highest BCUT2D eigenvalue weighted by Crippen LogP contribution is 2.32. The summed E-state index contributed by atoms with van der Waals surface area (Å²) < 4.78 is 5.63. The molecule has 0 radical (unpaired) electrons. The lowest BCUT2D eigenvalue weighted by molar-refractivity contribution is 0.128. The van der Waals surface area contributed by atoms with Crippen LogP contribution in [-0.2, 0) is 6.54 Å². The molecule has 1 aliphatic heterocycles. The zero-order chi connectivity index (χ0) is 17.9. The molecule has 2 aliphatic rings. The van der Waals surface area contributed by atoms with Crippen LogP contribution in [0.3, 0.4) is 0 Å². The molecule has 1 saturated heterocycles. The maximum Gasteiger partial charge on any atom is 0.151 e. The van der Waals surface area contributed by atoms with E-state index in [1.807, 2.05) is 18.3 Å². The standard InChI is InChI=1S/C21H30N4O/c1-16(2)21-15-24(9-4-10-25(21)13-17-6-7-17)14-19-11-20(23-26-19)18-5-3-8-22-12-18/h3,5,8,11-12,16-17,21H,4,6-7,9-10,13-15H2,1-2H3/t21-/m1/s1. The highest BCUT2D eigenvalue weighted by atomic mass is 16.5. The van der Waals surface area contributed by atoms with Gasteiger partial charge in [0.1, 0.15) is 5.69 Å². The highest BCUT2D eigenvalue weighted by Gasteiger charge is 2.32. The van der Waals surface area contributed by atoms with E-state index in [0.29, 0.717) is 12.0 Å². The van der Waals surface area contributed by atoms with Gasteiger partial charge in [0.2, 0.25) is 0 Å². The summed E-state index contributed by atoms with van der Waals surface area (Å²) in [4.78, 5) is 9.47. The van der Waals surface area contributed by atoms with Crippen LogP contribution in [-0.4, -0.2) is 52.2 Å². The monoisotopic (exact) mass is 354 g/mol. The van der Waals surface area contributed by atoms with Gasteiger partial charge in [-0.2, -0.15) is 0 Å². The van der Waals surface area contributed by atoms with Crippen LogP contribution >= 0.6 is 0 Å². The van der Waals surface area contributed by atoms with Crippen molar-refractivity contribution >= 4 is 0 Å². The highest BCUT2D eigenvalue weighted by molar-refractivity contribution is 5.57. The maximum atomic E-state index is 5.63. The van der Waals surface area contributed by atoms with E-state index < -0.39 is 0 Å². The molecule has 0 aromatic carbocycles. The van der Waals surface area contributed by atoms with Gasteiger partial charge in [-0.25, -0.2) is 0 Å². The molecule has 26 heavy (non-hydrogen) atoms. The largest absolute Gasteiger partial charge is 0.359 e. The van der Waals surface area contributed by atoms with Gasteiger partial charge in [-0.05, 0) is 56.3 Å². The minimum absolute atomic E-state index is 0.638. The molecule has 0 unspecified atom stereocenters. The van der Waals surface area contributed by atoms with Gasteiger partial charge in [-0.15, -0.1) is 0 Å². The minimum atomic E-state index is 0.638. The fourth-order valence-corrected chi connectivity index (χ4v) is 4.03. The summed E-state index contributed by atoms with van der Waals surface area (Å²) >= 11 is 0. The predicted molar refractivity (Wildman–Crippen MR) is 103 cm³/mol. The zero-order valence-electron chi connectivity index (χ0n) is 16.0. The Kier molecular flexibility index (Phi) is 5.36. The van der Waals surface area contributed by atoms with E-state index >= 15 is 0 Å². The van der Waals surface area contributed by atoms with Crippen molar-refractivity contribution in [2.45, 2.75) is 45.7 Å². The fraction of sp³-hybridized carbons (Fsp3) is 0.619. The van der Waals surface area contributed by atoms with Gasteiger partial charge in [0.05, 0.1) is 6.54 Å². The van der Waals surface area contributed by atoms with Crippen molar-refractivity contribution in [2.24, 2.45) is 11.8 Å². The van der Waals surface area contributed by atoms with Crippen molar-refractivity contribution in [2.75, 3.05) is 26.2 Å². The van der Waals surface area contributed by atoms with Crippen LogP contribution in [0.1, 0.15) is 38.9 Å². The second-order valence-electron chi connectivity index (χ2n) is 8.26. The van der Waals surface area contributed by atoms with Gasteiger partial charge < -0.3 is 4.52 Å². The summed E-state index contributed by atoms with van der Waals surface area (Å²) in [6.45, 7) is 10.3. The molecule has 0 N–H and O–H groups in total. The lowest BCUT2D eigenvalue weighted by atomic mass is 10.0. The fourth-order valence-electron chi connectivity index (χ4n) is 4.03.